The number of aliphatic hydroxyl groups excluding tert-OH is 3. The number of unbranched alkanes of at least 4 members (excludes halogenated alkanes) is 2. The van der Waals surface area contributed by atoms with Crippen molar-refractivity contribution >= 4 is 17.6 Å². The number of carbonyl (C=O) groups excluding carboxylic acids is 1. The van der Waals surface area contributed by atoms with Crippen LogP contribution in [0.1, 0.15) is 39.5 Å². The molecule has 0 aliphatic carbocycles. The summed E-state index contributed by atoms with van der Waals surface area (Å²) in [7, 11) is 0. The van der Waals surface area contributed by atoms with Gasteiger partial charge in [0.15, 0.2) is 0 Å². The van der Waals surface area contributed by atoms with Crippen LogP contribution in [0.3, 0.4) is 0 Å². The molecule has 1 aliphatic rings. The summed E-state index contributed by atoms with van der Waals surface area (Å²) in [6, 6.07) is -1.02. The molecule has 1 aliphatic heterocycles. The van der Waals surface area contributed by atoms with Gasteiger partial charge in [-0.1, -0.05) is 26.7 Å². The molecular weight excluding hydrogens is 410 g/mol. The first-order valence-corrected chi connectivity index (χ1v) is 10.3. The van der Waals surface area contributed by atoms with Gasteiger partial charge in [-0.15, -0.1) is 16.5 Å². The maximum Gasteiger partial charge on any atom is 0.345 e. The lowest BCUT2D eigenvalue weighted by molar-refractivity contribution is -0.373. The molecule has 0 saturated carbocycles. The van der Waals surface area contributed by atoms with Gasteiger partial charge >= 0.3 is 6.03 Å². The van der Waals surface area contributed by atoms with Gasteiger partial charge in [-0.2, -0.15) is 5.01 Å². The molecule has 0 bridgehead atoms. The van der Waals surface area contributed by atoms with Gasteiger partial charge in [0.05, 0.1) is 18.4 Å². The van der Waals surface area contributed by atoms with Crippen molar-refractivity contribution in [2.45, 2.75) is 69.9 Å². The molecule has 1 heterocycles. The van der Waals surface area contributed by atoms with Crippen LogP contribution >= 0.6 is 11.6 Å². The van der Waals surface area contributed by atoms with Gasteiger partial charge in [-0.05, 0) is 12.8 Å². The Morgan fingerprint density at radius 1 is 1.24 bits per heavy atom. The molecular formula is C17H32ClN3O8. The SMILES string of the molecule is CCCCO[C@@H]1O[C@H](CO)[C@@H](O)[C@H](O)[C@@]1(O)N(CCCC)C(=O)N(CCCl)N=O. The number of hydrogen-bond donors (Lipinski definition) is 4. The van der Waals surface area contributed by atoms with E-state index >= 15 is 0 Å². The Morgan fingerprint density at radius 2 is 1.90 bits per heavy atom. The molecule has 1 saturated heterocycles. The summed E-state index contributed by atoms with van der Waals surface area (Å²) >= 11 is 5.61. The summed E-state index contributed by atoms with van der Waals surface area (Å²) in [6.07, 6.45) is -4.03. The molecule has 2 amide bonds. The van der Waals surface area contributed by atoms with E-state index in [1.54, 1.807) is 0 Å². The lowest BCUT2D eigenvalue weighted by atomic mass is 9.91. The molecule has 5 atom stereocenters. The van der Waals surface area contributed by atoms with Crippen molar-refractivity contribution in [1.82, 2.24) is 9.91 Å². The summed E-state index contributed by atoms with van der Waals surface area (Å²) in [5.74, 6) is -0.0811. The van der Waals surface area contributed by atoms with Gasteiger partial charge < -0.3 is 29.9 Å². The van der Waals surface area contributed by atoms with Crippen LogP contribution in [0.5, 0.6) is 0 Å². The summed E-state index contributed by atoms with van der Waals surface area (Å²) in [5, 5.41) is 45.0. The third-order valence-corrected chi connectivity index (χ3v) is 4.92. The molecule has 29 heavy (non-hydrogen) atoms. The third-order valence-electron chi connectivity index (χ3n) is 4.75. The second-order valence-electron chi connectivity index (χ2n) is 6.81. The molecule has 11 nitrogen and oxygen atoms in total. The minimum Gasteiger partial charge on any atom is -0.394 e. The van der Waals surface area contributed by atoms with Crippen LogP contribution < -0.4 is 0 Å². The van der Waals surface area contributed by atoms with Crippen molar-refractivity contribution in [3.8, 4) is 0 Å². The fourth-order valence-corrected chi connectivity index (χ4v) is 3.16. The zero-order chi connectivity index (χ0) is 22.0. The molecule has 0 aromatic heterocycles. The molecule has 0 spiro atoms. The number of nitrogens with zero attached hydrogens (tertiary/aromatic N) is 3. The Balaban J connectivity index is 3.34. The Morgan fingerprint density at radius 3 is 2.41 bits per heavy atom. The molecule has 1 rings (SSSR count). The van der Waals surface area contributed by atoms with E-state index < -0.39 is 43.0 Å². The number of halogens is 1. The largest absolute Gasteiger partial charge is 0.394 e. The zero-order valence-electron chi connectivity index (χ0n) is 16.8. The van der Waals surface area contributed by atoms with Gasteiger partial charge in [0, 0.05) is 19.0 Å². The highest BCUT2D eigenvalue weighted by Crippen LogP contribution is 2.35. The molecule has 0 aromatic carbocycles. The number of aliphatic hydroxyl groups is 4. The molecule has 0 radical (unpaired) electrons. The number of amides is 2. The maximum atomic E-state index is 12.9. The van der Waals surface area contributed by atoms with Crippen molar-refractivity contribution in [3.63, 3.8) is 0 Å². The Labute approximate surface area is 175 Å². The van der Waals surface area contributed by atoms with Crippen LogP contribution in [-0.2, 0) is 9.47 Å². The molecule has 0 unspecified atom stereocenters. The van der Waals surface area contributed by atoms with E-state index in [-0.39, 0.29) is 25.6 Å². The number of hydrogen-bond acceptors (Lipinski definition) is 9. The van der Waals surface area contributed by atoms with Gasteiger partial charge in [0.25, 0.3) is 0 Å². The highest BCUT2D eigenvalue weighted by molar-refractivity contribution is 6.18. The van der Waals surface area contributed by atoms with E-state index in [0.717, 1.165) is 11.3 Å². The van der Waals surface area contributed by atoms with E-state index in [2.05, 4.69) is 5.29 Å². The average molecular weight is 442 g/mol. The lowest BCUT2D eigenvalue weighted by Crippen LogP contribution is -2.75. The van der Waals surface area contributed by atoms with E-state index in [4.69, 9.17) is 21.1 Å². The normalized spacial score (nSPS) is 29.5. The predicted octanol–water partition coefficient (Wildman–Crippen LogP) is 0.375. The van der Waals surface area contributed by atoms with Crippen LogP contribution in [0.15, 0.2) is 5.29 Å². The second kappa shape index (κ2) is 12.6. The minimum atomic E-state index is -2.53. The quantitative estimate of drug-likeness (QED) is 0.111. The molecule has 0 aromatic rings. The fraction of sp³-hybridized carbons (Fsp3) is 0.941. The first-order valence-electron chi connectivity index (χ1n) is 9.78. The topological polar surface area (TPSA) is 152 Å². The van der Waals surface area contributed by atoms with Crippen molar-refractivity contribution in [3.05, 3.63) is 4.91 Å². The number of carbonyl (C=O) groups is 1. The number of urea groups is 1. The van der Waals surface area contributed by atoms with Crippen molar-refractivity contribution in [2.24, 2.45) is 5.29 Å². The van der Waals surface area contributed by atoms with Crippen LogP contribution in [0.25, 0.3) is 0 Å². The standard InChI is InChI=1S/C17H32ClN3O8/c1-3-5-8-20(16(25)21(19-27)9-7-18)17(26)14(24)13(23)12(11-22)29-15(17)28-10-6-4-2/h12-15,22-24,26H,3-11H2,1-2H3/t12-,13-,14+,15-,17+/m1/s1. The van der Waals surface area contributed by atoms with E-state index in [0.29, 0.717) is 24.3 Å². The van der Waals surface area contributed by atoms with Gasteiger partial charge in [0.2, 0.25) is 12.0 Å². The minimum absolute atomic E-state index is 0.0787. The summed E-state index contributed by atoms with van der Waals surface area (Å²) in [6.45, 7) is 2.97. The Bertz CT molecular complexity index is 517. The highest BCUT2D eigenvalue weighted by Gasteiger charge is 2.60. The van der Waals surface area contributed by atoms with Crippen molar-refractivity contribution in [1.29, 1.82) is 0 Å². The number of rotatable bonds is 12. The first kappa shape index (κ1) is 26.0. The summed E-state index contributed by atoms with van der Waals surface area (Å²) in [4.78, 5) is 24.9. The molecule has 12 heteroatoms. The van der Waals surface area contributed by atoms with Crippen molar-refractivity contribution in [2.75, 3.05) is 32.2 Å². The van der Waals surface area contributed by atoms with E-state index in [1.165, 1.54) is 0 Å². The lowest BCUT2D eigenvalue weighted by Gasteiger charge is -2.52. The fourth-order valence-electron chi connectivity index (χ4n) is 3.00. The molecule has 170 valence electrons. The molecule has 4 N–H and O–H groups in total. The maximum absolute atomic E-state index is 12.9. The van der Waals surface area contributed by atoms with E-state index in [9.17, 15) is 30.1 Å². The zero-order valence-corrected chi connectivity index (χ0v) is 17.6. The van der Waals surface area contributed by atoms with E-state index in [1.807, 2.05) is 13.8 Å². The van der Waals surface area contributed by atoms with Gasteiger partial charge in [-0.3, -0.25) is 4.90 Å². The number of ether oxygens (including phenoxy) is 2. The number of alkyl halides is 1. The highest BCUT2D eigenvalue weighted by atomic mass is 35.5. The second-order valence-corrected chi connectivity index (χ2v) is 7.19. The Kier molecular flexibility index (Phi) is 11.3. The number of nitroso groups, excluding NO2 is 1. The monoisotopic (exact) mass is 441 g/mol. The van der Waals surface area contributed by atoms with Gasteiger partial charge in [0.1, 0.15) is 18.3 Å². The van der Waals surface area contributed by atoms with Crippen molar-refractivity contribution < 1.29 is 34.7 Å². The first-order chi connectivity index (χ1) is 13.8. The Hall–Kier alpha value is -1.08. The summed E-state index contributed by atoms with van der Waals surface area (Å²) < 4.78 is 11.1. The molecule has 1 fully saturated rings. The predicted molar refractivity (Wildman–Crippen MR) is 104 cm³/mol. The van der Waals surface area contributed by atoms with Crippen LogP contribution in [0.4, 0.5) is 4.79 Å². The third kappa shape index (κ3) is 5.97. The van der Waals surface area contributed by atoms with Crippen LogP contribution in [-0.4, -0.2) is 98.9 Å². The summed E-state index contributed by atoms with van der Waals surface area (Å²) in [5.41, 5.74) is -2.53. The van der Waals surface area contributed by atoms with Gasteiger partial charge in [-0.25, -0.2) is 4.79 Å². The van der Waals surface area contributed by atoms with Crippen LogP contribution in [0.2, 0.25) is 0 Å². The smallest absolute Gasteiger partial charge is 0.345 e. The van der Waals surface area contributed by atoms with Crippen LogP contribution in [0, 0.1) is 4.91 Å². The average Bonchev–Trinajstić information content (AvgIpc) is 2.72.